The molecule has 4 heteroatoms. The molecular formula is C16H17ClO2S. The quantitative estimate of drug-likeness (QED) is 0.557. The molecular weight excluding hydrogens is 292 g/mol. The summed E-state index contributed by atoms with van der Waals surface area (Å²) in [5.41, 5.74) is 2.28. The van der Waals surface area contributed by atoms with Crippen molar-refractivity contribution >= 4 is 23.4 Å². The Kier molecular flexibility index (Phi) is 5.92. The van der Waals surface area contributed by atoms with E-state index in [1.165, 1.54) is 10.5 Å². The van der Waals surface area contributed by atoms with Crippen molar-refractivity contribution in [1.82, 2.24) is 0 Å². The Morgan fingerprint density at radius 3 is 2.10 bits per heavy atom. The Labute approximate surface area is 129 Å². The van der Waals surface area contributed by atoms with E-state index in [1.807, 2.05) is 24.3 Å². The minimum Gasteiger partial charge on any atom is -0.352 e. The standard InChI is InChI=1S/C16H17ClO2S/c1-18-16(19-2)13-5-9-15(10-6-13)20-11-12-3-7-14(17)8-4-12/h3-10,16H,11H2,1-2H3. The number of rotatable bonds is 6. The highest BCUT2D eigenvalue weighted by atomic mass is 35.5. The summed E-state index contributed by atoms with van der Waals surface area (Å²) in [6.07, 6.45) is -0.301. The highest BCUT2D eigenvalue weighted by Crippen LogP contribution is 2.26. The van der Waals surface area contributed by atoms with E-state index in [0.29, 0.717) is 0 Å². The van der Waals surface area contributed by atoms with Crippen LogP contribution in [0.15, 0.2) is 53.4 Å². The van der Waals surface area contributed by atoms with Gasteiger partial charge in [0.1, 0.15) is 0 Å². The van der Waals surface area contributed by atoms with E-state index in [0.717, 1.165) is 16.3 Å². The first-order valence-corrected chi connectivity index (χ1v) is 7.62. The van der Waals surface area contributed by atoms with Crippen LogP contribution in [0, 0.1) is 0 Å². The van der Waals surface area contributed by atoms with E-state index >= 15 is 0 Å². The van der Waals surface area contributed by atoms with E-state index in [9.17, 15) is 0 Å². The maximum Gasteiger partial charge on any atom is 0.183 e. The maximum atomic E-state index is 5.87. The van der Waals surface area contributed by atoms with Crippen molar-refractivity contribution in [2.24, 2.45) is 0 Å². The van der Waals surface area contributed by atoms with Gasteiger partial charge in [0.25, 0.3) is 0 Å². The zero-order chi connectivity index (χ0) is 14.4. The number of methoxy groups -OCH3 is 2. The highest BCUT2D eigenvalue weighted by Gasteiger charge is 2.08. The first-order valence-electron chi connectivity index (χ1n) is 6.25. The Hall–Kier alpha value is -1.00. The van der Waals surface area contributed by atoms with Crippen LogP contribution in [0.5, 0.6) is 0 Å². The lowest BCUT2D eigenvalue weighted by atomic mass is 10.2. The molecule has 0 saturated carbocycles. The third-order valence-electron chi connectivity index (χ3n) is 2.90. The van der Waals surface area contributed by atoms with Crippen molar-refractivity contribution in [3.8, 4) is 0 Å². The zero-order valence-electron chi connectivity index (χ0n) is 11.5. The molecule has 2 aromatic carbocycles. The zero-order valence-corrected chi connectivity index (χ0v) is 13.1. The van der Waals surface area contributed by atoms with Gasteiger partial charge in [-0.3, -0.25) is 0 Å². The van der Waals surface area contributed by atoms with Crippen LogP contribution in [0.3, 0.4) is 0 Å². The van der Waals surface area contributed by atoms with Gasteiger partial charge >= 0.3 is 0 Å². The second-order valence-corrected chi connectivity index (χ2v) is 5.77. The molecule has 0 unspecified atom stereocenters. The predicted molar refractivity (Wildman–Crippen MR) is 84.2 cm³/mol. The summed E-state index contributed by atoms with van der Waals surface area (Å²) < 4.78 is 10.4. The van der Waals surface area contributed by atoms with Crippen LogP contribution >= 0.6 is 23.4 Å². The molecule has 2 aromatic rings. The van der Waals surface area contributed by atoms with Crippen molar-refractivity contribution in [1.29, 1.82) is 0 Å². The van der Waals surface area contributed by atoms with E-state index < -0.39 is 0 Å². The van der Waals surface area contributed by atoms with Gasteiger partial charge in [0.05, 0.1) is 0 Å². The lowest BCUT2D eigenvalue weighted by Gasteiger charge is -2.13. The summed E-state index contributed by atoms with van der Waals surface area (Å²) in [7, 11) is 3.27. The summed E-state index contributed by atoms with van der Waals surface area (Å²) in [5, 5.41) is 0.772. The first-order chi connectivity index (χ1) is 9.72. The molecule has 0 aliphatic rings. The fourth-order valence-corrected chi connectivity index (χ4v) is 2.82. The molecule has 0 aliphatic heterocycles. The van der Waals surface area contributed by atoms with E-state index in [4.69, 9.17) is 21.1 Å². The molecule has 0 heterocycles. The molecule has 0 radical (unpaired) electrons. The van der Waals surface area contributed by atoms with Crippen LogP contribution in [0.1, 0.15) is 17.4 Å². The smallest absolute Gasteiger partial charge is 0.183 e. The fraction of sp³-hybridized carbons (Fsp3) is 0.250. The minimum absolute atomic E-state index is 0.301. The normalized spacial score (nSPS) is 11.0. The number of ether oxygens (including phenoxy) is 2. The molecule has 2 rings (SSSR count). The molecule has 0 saturated heterocycles. The number of thioether (sulfide) groups is 1. The van der Waals surface area contributed by atoms with Gasteiger partial charge in [0.15, 0.2) is 6.29 Å². The van der Waals surface area contributed by atoms with Gasteiger partial charge in [-0.1, -0.05) is 35.9 Å². The Morgan fingerprint density at radius 1 is 0.950 bits per heavy atom. The third-order valence-corrected chi connectivity index (χ3v) is 4.23. The maximum absolute atomic E-state index is 5.87. The molecule has 0 aliphatic carbocycles. The number of benzene rings is 2. The SMILES string of the molecule is COC(OC)c1ccc(SCc2ccc(Cl)cc2)cc1. The lowest BCUT2D eigenvalue weighted by molar-refractivity contribution is -0.106. The second-order valence-electron chi connectivity index (χ2n) is 4.29. The number of hydrogen-bond acceptors (Lipinski definition) is 3. The van der Waals surface area contributed by atoms with Crippen molar-refractivity contribution in [3.63, 3.8) is 0 Å². The molecule has 20 heavy (non-hydrogen) atoms. The Bertz CT molecular complexity index is 521. The van der Waals surface area contributed by atoms with Crippen LogP contribution in [0.25, 0.3) is 0 Å². The van der Waals surface area contributed by atoms with Crippen LogP contribution in [-0.4, -0.2) is 14.2 Å². The summed E-state index contributed by atoms with van der Waals surface area (Å²) in [5.74, 6) is 0.925. The third kappa shape index (κ3) is 4.25. The van der Waals surface area contributed by atoms with Crippen molar-refractivity contribution < 1.29 is 9.47 Å². The van der Waals surface area contributed by atoms with Crippen LogP contribution < -0.4 is 0 Å². The minimum atomic E-state index is -0.301. The summed E-state index contributed by atoms with van der Waals surface area (Å²) in [4.78, 5) is 1.22. The van der Waals surface area contributed by atoms with Gasteiger partial charge in [0, 0.05) is 35.5 Å². The lowest BCUT2D eigenvalue weighted by Crippen LogP contribution is -2.02. The van der Waals surface area contributed by atoms with Gasteiger partial charge in [-0.15, -0.1) is 11.8 Å². The monoisotopic (exact) mass is 308 g/mol. The molecule has 0 N–H and O–H groups in total. The molecule has 0 bridgehead atoms. The van der Waals surface area contributed by atoms with Gasteiger partial charge in [0.2, 0.25) is 0 Å². The van der Waals surface area contributed by atoms with E-state index in [-0.39, 0.29) is 6.29 Å². The van der Waals surface area contributed by atoms with Gasteiger partial charge in [-0.25, -0.2) is 0 Å². The number of halogens is 1. The molecule has 0 aromatic heterocycles. The average Bonchev–Trinajstić information content (AvgIpc) is 2.49. The van der Waals surface area contributed by atoms with E-state index in [1.54, 1.807) is 26.0 Å². The van der Waals surface area contributed by atoms with Crippen molar-refractivity contribution in [2.75, 3.05) is 14.2 Å². The Balaban J connectivity index is 1.95. The fourth-order valence-electron chi connectivity index (χ4n) is 1.84. The van der Waals surface area contributed by atoms with Gasteiger partial charge in [-0.05, 0) is 29.8 Å². The second kappa shape index (κ2) is 7.70. The largest absolute Gasteiger partial charge is 0.352 e. The molecule has 2 nitrogen and oxygen atoms in total. The highest BCUT2D eigenvalue weighted by molar-refractivity contribution is 7.98. The summed E-state index contributed by atoms with van der Waals surface area (Å²) in [6, 6.07) is 16.2. The molecule has 0 amide bonds. The van der Waals surface area contributed by atoms with Crippen molar-refractivity contribution in [3.05, 3.63) is 64.7 Å². The average molecular weight is 309 g/mol. The van der Waals surface area contributed by atoms with Gasteiger partial charge < -0.3 is 9.47 Å². The molecule has 0 atom stereocenters. The van der Waals surface area contributed by atoms with Gasteiger partial charge in [-0.2, -0.15) is 0 Å². The number of hydrogen-bond donors (Lipinski definition) is 0. The summed E-state index contributed by atoms with van der Waals surface area (Å²) >= 11 is 7.66. The van der Waals surface area contributed by atoms with Crippen molar-refractivity contribution in [2.45, 2.75) is 16.9 Å². The van der Waals surface area contributed by atoms with E-state index in [2.05, 4.69) is 24.3 Å². The van der Waals surface area contributed by atoms with Crippen LogP contribution in [0.4, 0.5) is 0 Å². The van der Waals surface area contributed by atoms with Crippen LogP contribution in [-0.2, 0) is 15.2 Å². The predicted octanol–water partition coefficient (Wildman–Crippen LogP) is 4.92. The van der Waals surface area contributed by atoms with Crippen LogP contribution in [0.2, 0.25) is 5.02 Å². The first kappa shape index (κ1) is 15.4. The Morgan fingerprint density at radius 2 is 1.55 bits per heavy atom. The molecule has 0 fully saturated rings. The summed E-state index contributed by atoms with van der Waals surface area (Å²) in [6.45, 7) is 0. The topological polar surface area (TPSA) is 18.5 Å². The molecule has 0 spiro atoms. The molecule has 106 valence electrons.